The van der Waals surface area contributed by atoms with Crippen LogP contribution >= 0.6 is 0 Å². The zero-order valence-corrected chi connectivity index (χ0v) is 28.2. The number of benzene rings is 9. The van der Waals surface area contributed by atoms with Crippen LogP contribution in [0.25, 0.3) is 99.5 Å². The Morgan fingerprint density at radius 2 is 0.692 bits per heavy atom. The van der Waals surface area contributed by atoms with Crippen LogP contribution in [0.1, 0.15) is 0 Å². The van der Waals surface area contributed by atoms with Crippen LogP contribution in [0.4, 0.5) is 0 Å². The molecule has 0 bridgehead atoms. The number of aromatic nitrogens is 3. The predicted octanol–water partition coefficient (Wildman–Crippen LogP) is 12.8. The molecule has 0 aliphatic heterocycles. The maximum Gasteiger partial charge on any atom is 0.164 e. The monoisotopic (exact) mass is 661 g/mol. The van der Waals surface area contributed by atoms with Gasteiger partial charge < -0.3 is 0 Å². The van der Waals surface area contributed by atoms with E-state index in [1.54, 1.807) is 0 Å². The minimum atomic E-state index is 0.636. The van der Waals surface area contributed by atoms with Gasteiger partial charge in [-0.05, 0) is 77.5 Å². The van der Waals surface area contributed by atoms with Crippen molar-refractivity contribution in [2.24, 2.45) is 0 Å². The average molecular weight is 662 g/mol. The second kappa shape index (κ2) is 12.4. The minimum Gasteiger partial charge on any atom is -0.208 e. The summed E-state index contributed by atoms with van der Waals surface area (Å²) >= 11 is 0. The molecule has 3 heteroatoms. The van der Waals surface area contributed by atoms with Gasteiger partial charge >= 0.3 is 0 Å². The van der Waals surface area contributed by atoms with E-state index in [0.29, 0.717) is 17.5 Å². The van der Waals surface area contributed by atoms with Crippen molar-refractivity contribution in [2.45, 2.75) is 0 Å². The van der Waals surface area contributed by atoms with Gasteiger partial charge in [-0.25, -0.2) is 15.0 Å². The third-order valence-corrected chi connectivity index (χ3v) is 10.1. The van der Waals surface area contributed by atoms with E-state index in [2.05, 4.69) is 127 Å². The molecular weight excluding hydrogens is 631 g/mol. The van der Waals surface area contributed by atoms with Gasteiger partial charge in [-0.2, -0.15) is 0 Å². The SMILES string of the molecule is c1ccc(-c2nc(-c3ccccc3)nc(-c3ccc(-c4ccc5c6ccccc6c6ccccc6c5c4)c(-c4cccc5ccccc45)c3)n2)cc1. The molecule has 0 saturated carbocycles. The van der Waals surface area contributed by atoms with E-state index < -0.39 is 0 Å². The van der Waals surface area contributed by atoms with Crippen LogP contribution < -0.4 is 0 Å². The summed E-state index contributed by atoms with van der Waals surface area (Å²) < 4.78 is 0. The first kappa shape index (κ1) is 29.9. The van der Waals surface area contributed by atoms with Gasteiger partial charge in [0, 0.05) is 16.7 Å². The van der Waals surface area contributed by atoms with E-state index >= 15 is 0 Å². The number of fused-ring (bicyclic) bond motifs is 7. The van der Waals surface area contributed by atoms with Crippen LogP contribution in [0, 0.1) is 0 Å². The molecule has 0 amide bonds. The van der Waals surface area contributed by atoms with E-state index in [4.69, 9.17) is 15.0 Å². The summed E-state index contributed by atoms with van der Waals surface area (Å²) in [7, 11) is 0. The van der Waals surface area contributed by atoms with E-state index in [9.17, 15) is 0 Å². The maximum absolute atomic E-state index is 5.08. The van der Waals surface area contributed by atoms with Crippen LogP contribution in [-0.2, 0) is 0 Å². The molecule has 0 aliphatic rings. The second-order valence-electron chi connectivity index (χ2n) is 13.2. The molecule has 1 aromatic heterocycles. The molecule has 0 radical (unpaired) electrons. The normalized spacial score (nSPS) is 11.5. The van der Waals surface area contributed by atoms with Gasteiger partial charge in [-0.3, -0.25) is 0 Å². The summed E-state index contributed by atoms with van der Waals surface area (Å²) in [5, 5.41) is 9.98. The van der Waals surface area contributed by atoms with Gasteiger partial charge in [-0.1, -0.05) is 176 Å². The van der Waals surface area contributed by atoms with Crippen molar-refractivity contribution in [1.82, 2.24) is 15.0 Å². The highest BCUT2D eigenvalue weighted by atomic mass is 15.0. The van der Waals surface area contributed by atoms with Gasteiger partial charge in [0.05, 0.1) is 0 Å². The number of hydrogen-bond donors (Lipinski definition) is 0. The highest BCUT2D eigenvalue weighted by molar-refractivity contribution is 6.25. The minimum absolute atomic E-state index is 0.636. The summed E-state index contributed by atoms with van der Waals surface area (Å²) in [6.45, 7) is 0. The third-order valence-electron chi connectivity index (χ3n) is 10.1. The number of nitrogens with zero attached hydrogens (tertiary/aromatic N) is 3. The molecule has 52 heavy (non-hydrogen) atoms. The number of rotatable bonds is 5. The molecular formula is C49H31N3. The highest BCUT2D eigenvalue weighted by Gasteiger charge is 2.18. The molecule has 0 unspecified atom stereocenters. The molecule has 242 valence electrons. The Labute approximate surface area is 301 Å². The fourth-order valence-electron chi connectivity index (χ4n) is 7.63. The van der Waals surface area contributed by atoms with Crippen molar-refractivity contribution in [3.05, 3.63) is 188 Å². The lowest BCUT2D eigenvalue weighted by Gasteiger charge is -2.17. The lowest BCUT2D eigenvalue weighted by molar-refractivity contribution is 1.07. The zero-order chi connectivity index (χ0) is 34.4. The first-order valence-electron chi connectivity index (χ1n) is 17.6. The molecule has 0 spiro atoms. The van der Waals surface area contributed by atoms with Crippen LogP contribution in [0.5, 0.6) is 0 Å². The molecule has 0 saturated heterocycles. The average Bonchev–Trinajstić information content (AvgIpc) is 3.23. The maximum atomic E-state index is 5.08. The second-order valence-corrected chi connectivity index (χ2v) is 13.2. The lowest BCUT2D eigenvalue weighted by Crippen LogP contribution is -2.00. The van der Waals surface area contributed by atoms with Crippen molar-refractivity contribution in [2.75, 3.05) is 0 Å². The van der Waals surface area contributed by atoms with Crippen LogP contribution in [-0.4, -0.2) is 15.0 Å². The van der Waals surface area contributed by atoms with Crippen LogP contribution in [0.15, 0.2) is 188 Å². The van der Waals surface area contributed by atoms with Crippen LogP contribution in [0.2, 0.25) is 0 Å². The van der Waals surface area contributed by atoms with E-state index in [-0.39, 0.29) is 0 Å². The molecule has 1 heterocycles. The first-order valence-corrected chi connectivity index (χ1v) is 17.6. The molecule has 3 nitrogen and oxygen atoms in total. The Hall–Kier alpha value is -6.97. The standard InChI is InChI=1S/C49H31N3/c1-3-15-33(16-4-1)47-50-48(34-17-5-2-6-18-34)52-49(51-47)36-27-28-38(45(31-36)39-25-13-19-32-14-7-8-20-37(32)39)35-26-29-44-42-23-10-9-21-40(42)41-22-11-12-24-43(41)46(44)30-35/h1-31H. The van der Waals surface area contributed by atoms with Crippen molar-refractivity contribution in [3.63, 3.8) is 0 Å². The third kappa shape index (κ3) is 5.10. The van der Waals surface area contributed by atoms with Crippen molar-refractivity contribution >= 4 is 43.1 Å². The van der Waals surface area contributed by atoms with Gasteiger partial charge in [0.15, 0.2) is 17.5 Å². The first-order chi connectivity index (χ1) is 25.8. The highest BCUT2D eigenvalue weighted by Crippen LogP contribution is 2.42. The molecule has 0 aliphatic carbocycles. The molecule has 0 N–H and O–H groups in total. The largest absolute Gasteiger partial charge is 0.208 e. The predicted molar refractivity (Wildman–Crippen MR) is 217 cm³/mol. The van der Waals surface area contributed by atoms with Gasteiger partial charge in [0.2, 0.25) is 0 Å². The molecule has 0 fully saturated rings. The Bertz CT molecular complexity index is 2850. The van der Waals surface area contributed by atoms with Crippen molar-refractivity contribution in [1.29, 1.82) is 0 Å². The quantitative estimate of drug-likeness (QED) is 0.172. The fourth-order valence-corrected chi connectivity index (χ4v) is 7.63. The smallest absolute Gasteiger partial charge is 0.164 e. The Balaban J connectivity index is 1.23. The molecule has 9 aromatic carbocycles. The molecule has 10 rings (SSSR count). The summed E-state index contributed by atoms with van der Waals surface area (Å²) in [5.74, 6) is 1.93. The molecule has 0 atom stereocenters. The van der Waals surface area contributed by atoms with E-state index in [1.165, 1.54) is 48.7 Å². The van der Waals surface area contributed by atoms with Gasteiger partial charge in [-0.15, -0.1) is 0 Å². The fraction of sp³-hybridized carbons (Fsp3) is 0. The lowest BCUT2D eigenvalue weighted by atomic mass is 9.87. The summed E-state index contributed by atoms with van der Waals surface area (Å²) in [5.41, 5.74) is 7.43. The Kier molecular flexibility index (Phi) is 7.14. The molecule has 10 aromatic rings. The van der Waals surface area contributed by atoms with E-state index in [1.807, 2.05) is 60.7 Å². The van der Waals surface area contributed by atoms with Gasteiger partial charge in [0.1, 0.15) is 0 Å². The number of hydrogen-bond acceptors (Lipinski definition) is 3. The van der Waals surface area contributed by atoms with Crippen molar-refractivity contribution < 1.29 is 0 Å². The summed E-state index contributed by atoms with van der Waals surface area (Å²) in [4.78, 5) is 15.1. The van der Waals surface area contributed by atoms with Crippen molar-refractivity contribution in [3.8, 4) is 56.4 Å². The zero-order valence-electron chi connectivity index (χ0n) is 28.2. The Morgan fingerprint density at radius 3 is 1.31 bits per heavy atom. The van der Waals surface area contributed by atoms with E-state index in [0.717, 1.165) is 33.4 Å². The Morgan fingerprint density at radius 1 is 0.231 bits per heavy atom. The van der Waals surface area contributed by atoms with Gasteiger partial charge in [0.25, 0.3) is 0 Å². The summed E-state index contributed by atoms with van der Waals surface area (Å²) in [6, 6.07) is 66.6. The van der Waals surface area contributed by atoms with Crippen LogP contribution in [0.3, 0.4) is 0 Å². The summed E-state index contributed by atoms with van der Waals surface area (Å²) in [6.07, 6.45) is 0. The topological polar surface area (TPSA) is 38.7 Å².